The minimum Gasteiger partial charge on any atom is -0.496 e. The molecule has 0 saturated carbocycles. The van der Waals surface area contributed by atoms with Crippen molar-refractivity contribution in [1.29, 1.82) is 0 Å². The van der Waals surface area contributed by atoms with Gasteiger partial charge in [-0.3, -0.25) is 9.59 Å². The number of aliphatic carboxylic acids is 1. The van der Waals surface area contributed by atoms with Gasteiger partial charge in [0.2, 0.25) is 0 Å². The Kier molecular flexibility index (Phi) is 4.90. The van der Waals surface area contributed by atoms with Gasteiger partial charge in [-0.2, -0.15) is 0 Å². The maximum Gasteiger partial charge on any atom is 0.306 e. The molecule has 2 rings (SSSR count). The summed E-state index contributed by atoms with van der Waals surface area (Å²) < 4.78 is 10.5. The summed E-state index contributed by atoms with van der Waals surface area (Å²) in [4.78, 5) is 25.6. The van der Waals surface area contributed by atoms with E-state index in [9.17, 15) is 14.7 Å². The Balaban J connectivity index is 2.25. The first-order valence-corrected chi connectivity index (χ1v) is 7.22. The lowest BCUT2D eigenvalue weighted by Gasteiger charge is -2.35. The lowest BCUT2D eigenvalue weighted by Crippen LogP contribution is -2.45. The number of benzene rings is 1. The quantitative estimate of drug-likeness (QED) is 0.919. The highest BCUT2D eigenvalue weighted by atomic mass is 16.5. The molecule has 6 nitrogen and oxygen atoms in total. The normalized spacial score (nSPS) is 21.3. The van der Waals surface area contributed by atoms with Crippen molar-refractivity contribution >= 4 is 11.9 Å². The van der Waals surface area contributed by atoms with Gasteiger partial charge in [0.1, 0.15) is 17.1 Å². The van der Waals surface area contributed by atoms with Crippen molar-refractivity contribution in [3.63, 3.8) is 0 Å². The predicted molar refractivity (Wildman–Crippen MR) is 80.4 cm³/mol. The molecule has 2 atom stereocenters. The van der Waals surface area contributed by atoms with Crippen LogP contribution in [0.15, 0.2) is 18.2 Å². The first-order valence-electron chi connectivity index (χ1n) is 7.22. The Hall–Kier alpha value is -2.24. The number of hydrogen-bond donors (Lipinski definition) is 1. The van der Waals surface area contributed by atoms with E-state index in [0.29, 0.717) is 36.6 Å². The lowest BCUT2D eigenvalue weighted by atomic mass is 9.86. The van der Waals surface area contributed by atoms with Gasteiger partial charge in [0.25, 0.3) is 5.91 Å². The number of piperidine rings is 1. The smallest absolute Gasteiger partial charge is 0.306 e. The molecule has 1 N–H and O–H groups in total. The summed E-state index contributed by atoms with van der Waals surface area (Å²) in [7, 11) is 3.01. The second-order valence-electron chi connectivity index (χ2n) is 5.50. The summed E-state index contributed by atoms with van der Waals surface area (Å²) in [6.45, 7) is 2.69. The first kappa shape index (κ1) is 16.1. The second-order valence-corrected chi connectivity index (χ2v) is 5.50. The Morgan fingerprint density at radius 2 is 1.82 bits per heavy atom. The fourth-order valence-corrected chi connectivity index (χ4v) is 2.92. The molecule has 2 unspecified atom stereocenters. The molecule has 1 saturated heterocycles. The van der Waals surface area contributed by atoms with Gasteiger partial charge in [0, 0.05) is 13.1 Å². The SMILES string of the molecule is COc1cccc(OC)c1C(=O)N1CCC(C(=O)O)C(C)C1. The number of amides is 1. The minimum atomic E-state index is -0.797. The van der Waals surface area contributed by atoms with Crippen molar-refractivity contribution in [2.24, 2.45) is 11.8 Å². The van der Waals surface area contributed by atoms with E-state index >= 15 is 0 Å². The Morgan fingerprint density at radius 1 is 1.23 bits per heavy atom. The van der Waals surface area contributed by atoms with Crippen LogP contribution in [0.25, 0.3) is 0 Å². The molecular weight excluding hydrogens is 286 g/mol. The summed E-state index contributed by atoms with van der Waals surface area (Å²) in [5.41, 5.74) is 0.383. The molecule has 1 aromatic carbocycles. The molecule has 1 fully saturated rings. The van der Waals surface area contributed by atoms with Crippen LogP contribution < -0.4 is 9.47 Å². The lowest BCUT2D eigenvalue weighted by molar-refractivity contribution is -0.145. The number of likely N-dealkylation sites (tertiary alicyclic amines) is 1. The van der Waals surface area contributed by atoms with Crippen LogP contribution in [-0.4, -0.2) is 49.2 Å². The molecule has 0 radical (unpaired) electrons. The topological polar surface area (TPSA) is 76.1 Å². The summed E-state index contributed by atoms with van der Waals surface area (Å²) in [5.74, 6) is -0.561. The van der Waals surface area contributed by atoms with Crippen molar-refractivity contribution in [3.8, 4) is 11.5 Å². The molecule has 0 aromatic heterocycles. The molecule has 1 aliphatic heterocycles. The number of carbonyl (C=O) groups is 2. The molecule has 1 aliphatic rings. The molecule has 0 bridgehead atoms. The first-order chi connectivity index (χ1) is 10.5. The molecule has 1 aromatic rings. The van der Waals surface area contributed by atoms with Gasteiger partial charge in [-0.1, -0.05) is 13.0 Å². The number of ether oxygens (including phenoxy) is 2. The van der Waals surface area contributed by atoms with E-state index in [1.807, 2.05) is 6.92 Å². The molecule has 1 amide bonds. The van der Waals surface area contributed by atoms with Gasteiger partial charge < -0.3 is 19.5 Å². The van der Waals surface area contributed by atoms with Gasteiger partial charge in [-0.15, -0.1) is 0 Å². The average Bonchev–Trinajstić information content (AvgIpc) is 2.52. The van der Waals surface area contributed by atoms with Crippen molar-refractivity contribution in [3.05, 3.63) is 23.8 Å². The predicted octanol–water partition coefficient (Wildman–Crippen LogP) is 1.89. The van der Waals surface area contributed by atoms with Crippen molar-refractivity contribution in [2.45, 2.75) is 13.3 Å². The molecule has 0 spiro atoms. The molecule has 1 heterocycles. The van der Waals surface area contributed by atoms with Gasteiger partial charge in [-0.05, 0) is 24.5 Å². The van der Waals surface area contributed by atoms with E-state index < -0.39 is 11.9 Å². The molecule has 22 heavy (non-hydrogen) atoms. The monoisotopic (exact) mass is 307 g/mol. The number of carbonyl (C=O) groups excluding carboxylic acids is 1. The van der Waals surface area contributed by atoms with Crippen molar-refractivity contribution in [2.75, 3.05) is 27.3 Å². The highest BCUT2D eigenvalue weighted by Crippen LogP contribution is 2.32. The summed E-state index contributed by atoms with van der Waals surface area (Å²) in [6, 6.07) is 5.18. The molecule has 0 aliphatic carbocycles. The van der Waals surface area contributed by atoms with E-state index in [0.717, 1.165) is 0 Å². The van der Waals surface area contributed by atoms with Gasteiger partial charge >= 0.3 is 5.97 Å². The zero-order chi connectivity index (χ0) is 16.3. The largest absolute Gasteiger partial charge is 0.496 e. The van der Waals surface area contributed by atoms with Crippen LogP contribution in [0, 0.1) is 11.8 Å². The van der Waals surface area contributed by atoms with E-state index in [-0.39, 0.29) is 11.8 Å². The fourth-order valence-electron chi connectivity index (χ4n) is 2.92. The van der Waals surface area contributed by atoms with Crippen LogP contribution in [0.1, 0.15) is 23.7 Å². The fraction of sp³-hybridized carbons (Fsp3) is 0.500. The highest BCUT2D eigenvalue weighted by Gasteiger charge is 2.34. The maximum atomic E-state index is 12.8. The van der Waals surface area contributed by atoms with Crippen molar-refractivity contribution < 1.29 is 24.2 Å². The standard InChI is InChI=1S/C16H21NO5/c1-10-9-17(8-7-11(10)16(19)20)15(18)14-12(21-2)5-4-6-13(14)22-3/h4-6,10-11H,7-9H2,1-3H3,(H,19,20). The number of hydrogen-bond acceptors (Lipinski definition) is 4. The van der Waals surface area contributed by atoms with Gasteiger partial charge in [0.15, 0.2) is 0 Å². The van der Waals surface area contributed by atoms with Crippen LogP contribution in [0.4, 0.5) is 0 Å². The molecular formula is C16H21NO5. The van der Waals surface area contributed by atoms with Crippen molar-refractivity contribution in [1.82, 2.24) is 4.90 Å². The maximum absolute atomic E-state index is 12.8. The van der Waals surface area contributed by atoms with Crippen LogP contribution >= 0.6 is 0 Å². The number of carboxylic acids is 1. The van der Waals surface area contributed by atoms with Crippen LogP contribution in [0.5, 0.6) is 11.5 Å². The summed E-state index contributed by atoms with van der Waals surface area (Å²) >= 11 is 0. The van der Waals surface area contributed by atoms with E-state index in [4.69, 9.17) is 9.47 Å². The number of rotatable bonds is 4. The minimum absolute atomic E-state index is 0.0871. The Labute approximate surface area is 129 Å². The Bertz CT molecular complexity index is 549. The second kappa shape index (κ2) is 6.68. The highest BCUT2D eigenvalue weighted by molar-refractivity contribution is 5.99. The number of nitrogens with zero attached hydrogens (tertiary/aromatic N) is 1. The summed E-state index contributed by atoms with van der Waals surface area (Å²) in [5, 5.41) is 9.17. The third kappa shape index (κ3) is 3.00. The molecule has 6 heteroatoms. The summed E-state index contributed by atoms with van der Waals surface area (Å²) in [6.07, 6.45) is 0.458. The van der Waals surface area contributed by atoms with Crippen LogP contribution in [-0.2, 0) is 4.79 Å². The van der Waals surface area contributed by atoms with Gasteiger partial charge in [-0.25, -0.2) is 0 Å². The third-order valence-electron chi connectivity index (χ3n) is 4.15. The zero-order valence-corrected chi connectivity index (χ0v) is 13.0. The van der Waals surface area contributed by atoms with E-state index in [2.05, 4.69) is 0 Å². The zero-order valence-electron chi connectivity index (χ0n) is 13.0. The van der Waals surface area contributed by atoms with E-state index in [1.54, 1.807) is 23.1 Å². The van der Waals surface area contributed by atoms with Gasteiger partial charge in [0.05, 0.1) is 20.1 Å². The number of methoxy groups -OCH3 is 2. The van der Waals surface area contributed by atoms with Crippen LogP contribution in [0.3, 0.4) is 0 Å². The van der Waals surface area contributed by atoms with Crippen LogP contribution in [0.2, 0.25) is 0 Å². The van der Waals surface area contributed by atoms with E-state index in [1.165, 1.54) is 14.2 Å². The number of carboxylic acid groups (broad SMARTS) is 1. The third-order valence-corrected chi connectivity index (χ3v) is 4.15. The average molecular weight is 307 g/mol. The Morgan fingerprint density at radius 3 is 2.27 bits per heavy atom. The molecule has 120 valence electrons.